The van der Waals surface area contributed by atoms with E-state index >= 15 is 0 Å². The maximum absolute atomic E-state index is 12.9. The Hall–Kier alpha value is -2.96. The quantitative estimate of drug-likeness (QED) is 0.308. The molecule has 164 valence electrons. The van der Waals surface area contributed by atoms with Crippen LogP contribution in [0.3, 0.4) is 0 Å². The molecule has 1 amide bonds. The molecule has 0 aromatic heterocycles. The van der Waals surface area contributed by atoms with E-state index in [0.717, 1.165) is 11.1 Å². The normalized spacial score (nSPS) is 18.6. The van der Waals surface area contributed by atoms with E-state index in [-0.39, 0.29) is 43.1 Å². The Morgan fingerprint density at radius 3 is 2.23 bits per heavy atom. The van der Waals surface area contributed by atoms with E-state index in [1.54, 1.807) is 24.3 Å². The van der Waals surface area contributed by atoms with Crippen LogP contribution in [0.25, 0.3) is 5.76 Å². The van der Waals surface area contributed by atoms with Gasteiger partial charge in [0, 0.05) is 12.1 Å². The number of Topliss-reactive ketones (excluding diaryl/α,β-unsaturated/α-hetero) is 1. The second-order valence-corrected chi connectivity index (χ2v) is 8.57. The fourth-order valence-electron chi connectivity index (χ4n) is 3.70. The summed E-state index contributed by atoms with van der Waals surface area (Å²) in [5.74, 6) is -1.58. The van der Waals surface area contributed by atoms with Crippen molar-refractivity contribution in [3.05, 3.63) is 76.9 Å². The second kappa shape index (κ2) is 9.45. The zero-order valence-corrected chi connectivity index (χ0v) is 18.2. The van der Waals surface area contributed by atoms with Gasteiger partial charge in [0.25, 0.3) is 11.7 Å². The van der Waals surface area contributed by atoms with Crippen LogP contribution in [0.1, 0.15) is 43.5 Å². The molecule has 2 aromatic carbocycles. The first-order valence-electron chi connectivity index (χ1n) is 10.4. The summed E-state index contributed by atoms with van der Waals surface area (Å²) in [6, 6.07) is 15.8. The van der Waals surface area contributed by atoms with Gasteiger partial charge in [-0.3, -0.25) is 9.59 Å². The summed E-state index contributed by atoms with van der Waals surface area (Å²) in [7, 11) is 0. The number of amides is 1. The molecule has 0 spiro atoms. The summed E-state index contributed by atoms with van der Waals surface area (Å²) < 4.78 is 5.32. The molecule has 1 aliphatic heterocycles. The highest BCUT2D eigenvalue weighted by atomic mass is 16.5. The van der Waals surface area contributed by atoms with Gasteiger partial charge in [0.1, 0.15) is 5.76 Å². The van der Waals surface area contributed by atoms with Crippen LogP contribution in [0, 0.1) is 0 Å². The lowest BCUT2D eigenvalue weighted by molar-refractivity contribution is -0.140. The molecule has 0 saturated carbocycles. The standard InChI is InChI=1S/C25H29NO5/c1-25(2,3)19-11-9-17(10-12-19)21-20(22(28)18-7-5-4-6-8-18)23(29)24(30)26(21)13-15-31-16-14-27/h4-12,21,27-28H,13-16H2,1-3H3/t21-/m0/s1. The molecule has 0 radical (unpaired) electrons. The van der Waals surface area contributed by atoms with Crippen molar-refractivity contribution in [3.63, 3.8) is 0 Å². The van der Waals surface area contributed by atoms with Crippen molar-refractivity contribution in [2.45, 2.75) is 32.2 Å². The number of nitrogens with zero attached hydrogens (tertiary/aromatic N) is 1. The highest BCUT2D eigenvalue weighted by Crippen LogP contribution is 2.39. The van der Waals surface area contributed by atoms with Gasteiger partial charge in [-0.15, -0.1) is 0 Å². The lowest BCUT2D eigenvalue weighted by Gasteiger charge is -2.26. The minimum absolute atomic E-state index is 0.0392. The Bertz CT molecular complexity index is 958. The molecule has 1 atom stereocenters. The molecule has 0 unspecified atom stereocenters. The molecule has 1 saturated heterocycles. The van der Waals surface area contributed by atoms with Crippen LogP contribution in [0.2, 0.25) is 0 Å². The largest absolute Gasteiger partial charge is 0.507 e. The van der Waals surface area contributed by atoms with E-state index in [9.17, 15) is 14.7 Å². The van der Waals surface area contributed by atoms with E-state index < -0.39 is 17.7 Å². The van der Waals surface area contributed by atoms with Crippen LogP contribution in [0.15, 0.2) is 60.2 Å². The molecular weight excluding hydrogens is 394 g/mol. The first kappa shape index (κ1) is 22.7. The molecule has 0 bridgehead atoms. The zero-order chi connectivity index (χ0) is 22.6. The molecule has 2 aromatic rings. The third kappa shape index (κ3) is 4.86. The molecule has 0 aliphatic carbocycles. The topological polar surface area (TPSA) is 87.1 Å². The van der Waals surface area contributed by atoms with Crippen molar-refractivity contribution >= 4 is 17.4 Å². The van der Waals surface area contributed by atoms with Crippen LogP contribution in [-0.4, -0.2) is 53.2 Å². The summed E-state index contributed by atoms with van der Waals surface area (Å²) >= 11 is 0. The SMILES string of the molecule is CC(C)(C)c1ccc([C@H]2C(=C(O)c3ccccc3)C(=O)C(=O)N2CCOCCO)cc1. The molecular formula is C25H29NO5. The molecule has 6 nitrogen and oxygen atoms in total. The van der Waals surface area contributed by atoms with E-state index in [2.05, 4.69) is 20.8 Å². The Labute approximate surface area is 182 Å². The van der Waals surface area contributed by atoms with Gasteiger partial charge in [0.15, 0.2) is 0 Å². The molecule has 31 heavy (non-hydrogen) atoms. The average Bonchev–Trinajstić information content (AvgIpc) is 3.01. The van der Waals surface area contributed by atoms with Gasteiger partial charge in [0.2, 0.25) is 0 Å². The Balaban J connectivity index is 2.06. The summed E-state index contributed by atoms with van der Waals surface area (Å²) in [5, 5.41) is 19.9. The maximum Gasteiger partial charge on any atom is 0.295 e. The van der Waals surface area contributed by atoms with E-state index in [4.69, 9.17) is 9.84 Å². The summed E-state index contributed by atoms with van der Waals surface area (Å²) in [6.45, 7) is 6.72. The lowest BCUT2D eigenvalue weighted by atomic mass is 9.85. The van der Waals surface area contributed by atoms with Crippen LogP contribution in [-0.2, 0) is 19.7 Å². The number of aliphatic hydroxyl groups is 2. The fraction of sp³-hybridized carbons (Fsp3) is 0.360. The lowest BCUT2D eigenvalue weighted by Crippen LogP contribution is -2.33. The summed E-state index contributed by atoms with van der Waals surface area (Å²) in [6.07, 6.45) is 0. The first-order chi connectivity index (χ1) is 14.8. The smallest absolute Gasteiger partial charge is 0.295 e. The Morgan fingerprint density at radius 2 is 1.65 bits per heavy atom. The summed E-state index contributed by atoms with van der Waals surface area (Å²) in [4.78, 5) is 27.2. The molecule has 6 heteroatoms. The van der Waals surface area contributed by atoms with Gasteiger partial charge < -0.3 is 19.8 Å². The number of benzene rings is 2. The molecule has 3 rings (SSSR count). The van der Waals surface area contributed by atoms with Gasteiger partial charge in [-0.05, 0) is 16.5 Å². The molecule has 1 fully saturated rings. The maximum atomic E-state index is 12.9. The number of ether oxygens (including phenoxy) is 1. The third-order valence-electron chi connectivity index (χ3n) is 5.39. The number of hydrogen-bond donors (Lipinski definition) is 2. The number of hydrogen-bond acceptors (Lipinski definition) is 5. The van der Waals surface area contributed by atoms with Gasteiger partial charge in [0.05, 0.1) is 31.4 Å². The monoisotopic (exact) mass is 423 g/mol. The Morgan fingerprint density at radius 1 is 1.00 bits per heavy atom. The van der Waals surface area contributed by atoms with Gasteiger partial charge in [-0.25, -0.2) is 0 Å². The average molecular weight is 424 g/mol. The zero-order valence-electron chi connectivity index (χ0n) is 18.2. The predicted molar refractivity (Wildman–Crippen MR) is 118 cm³/mol. The number of aliphatic hydroxyl groups excluding tert-OH is 2. The van der Waals surface area contributed by atoms with E-state index in [0.29, 0.717) is 5.56 Å². The van der Waals surface area contributed by atoms with Crippen LogP contribution < -0.4 is 0 Å². The first-order valence-corrected chi connectivity index (χ1v) is 10.4. The van der Waals surface area contributed by atoms with Crippen LogP contribution >= 0.6 is 0 Å². The number of rotatable bonds is 7. The number of likely N-dealkylation sites (tertiary alicyclic amines) is 1. The van der Waals surface area contributed by atoms with Gasteiger partial charge >= 0.3 is 0 Å². The Kier molecular flexibility index (Phi) is 6.93. The van der Waals surface area contributed by atoms with E-state index in [1.807, 2.05) is 30.3 Å². The van der Waals surface area contributed by atoms with Gasteiger partial charge in [-0.2, -0.15) is 0 Å². The number of carbonyl (C=O) groups excluding carboxylic acids is 2. The third-order valence-corrected chi connectivity index (χ3v) is 5.39. The minimum Gasteiger partial charge on any atom is -0.507 e. The summed E-state index contributed by atoms with van der Waals surface area (Å²) in [5.41, 5.74) is 2.38. The van der Waals surface area contributed by atoms with Crippen LogP contribution in [0.4, 0.5) is 0 Å². The van der Waals surface area contributed by atoms with Crippen LogP contribution in [0.5, 0.6) is 0 Å². The number of ketones is 1. The van der Waals surface area contributed by atoms with Crippen molar-refractivity contribution in [2.75, 3.05) is 26.4 Å². The molecule has 1 aliphatic rings. The van der Waals surface area contributed by atoms with Crippen molar-refractivity contribution in [1.82, 2.24) is 4.90 Å². The predicted octanol–water partition coefficient (Wildman–Crippen LogP) is 3.41. The van der Waals surface area contributed by atoms with Crippen molar-refractivity contribution in [1.29, 1.82) is 0 Å². The minimum atomic E-state index is -0.716. The van der Waals surface area contributed by atoms with Gasteiger partial charge in [-0.1, -0.05) is 75.4 Å². The van der Waals surface area contributed by atoms with Crippen molar-refractivity contribution in [2.24, 2.45) is 0 Å². The molecule has 1 heterocycles. The second-order valence-electron chi connectivity index (χ2n) is 8.57. The highest BCUT2D eigenvalue weighted by molar-refractivity contribution is 6.46. The fourth-order valence-corrected chi connectivity index (χ4v) is 3.70. The molecule has 2 N–H and O–H groups in total. The van der Waals surface area contributed by atoms with E-state index in [1.165, 1.54) is 4.90 Å². The van der Waals surface area contributed by atoms with Crippen molar-refractivity contribution in [3.8, 4) is 0 Å². The number of carbonyl (C=O) groups is 2. The van der Waals surface area contributed by atoms with Crippen molar-refractivity contribution < 1.29 is 24.5 Å². The highest BCUT2D eigenvalue weighted by Gasteiger charge is 2.45.